The summed E-state index contributed by atoms with van der Waals surface area (Å²) in [6.07, 6.45) is 2.20. The van der Waals surface area contributed by atoms with Crippen LogP contribution in [0.4, 0.5) is 4.39 Å². The second-order valence-corrected chi connectivity index (χ2v) is 4.51. The van der Waals surface area contributed by atoms with Crippen LogP contribution < -0.4 is 0 Å². The van der Waals surface area contributed by atoms with Crippen LogP contribution in [0.25, 0.3) is 0 Å². The Morgan fingerprint density at radius 1 is 1.33 bits per heavy atom. The lowest BCUT2D eigenvalue weighted by Crippen LogP contribution is -2.27. The molecular weight excluding hydrogens is 277 g/mol. The second kappa shape index (κ2) is 8.04. The van der Waals surface area contributed by atoms with Crippen LogP contribution in [0, 0.1) is 5.82 Å². The topological polar surface area (TPSA) is 66.8 Å². The van der Waals surface area contributed by atoms with Gasteiger partial charge >= 0.3 is 5.97 Å². The summed E-state index contributed by atoms with van der Waals surface area (Å²) in [5, 5.41) is 9.27. The maximum atomic E-state index is 12.7. The Labute approximate surface area is 122 Å². The molecule has 1 aromatic rings. The van der Waals surface area contributed by atoms with E-state index >= 15 is 0 Å². The number of halogens is 1. The second-order valence-electron chi connectivity index (χ2n) is 4.51. The van der Waals surface area contributed by atoms with Gasteiger partial charge in [0.2, 0.25) is 11.7 Å². The van der Waals surface area contributed by atoms with Gasteiger partial charge in [0.05, 0.1) is 13.2 Å². The number of aliphatic hydroxyl groups is 1. The van der Waals surface area contributed by atoms with Crippen LogP contribution in [0.3, 0.4) is 0 Å². The summed E-state index contributed by atoms with van der Waals surface area (Å²) >= 11 is 0. The fraction of sp³-hybridized carbons (Fsp3) is 0.333. The van der Waals surface area contributed by atoms with Crippen molar-refractivity contribution < 1.29 is 23.8 Å². The number of aliphatic hydroxyl groups excluding tert-OH is 1. The molecule has 0 aromatic heterocycles. The van der Waals surface area contributed by atoms with Crippen LogP contribution in [0.5, 0.6) is 0 Å². The number of likely N-dealkylation sites (N-methyl/N-ethyl adjacent to an activating group) is 1. The molecule has 5 nitrogen and oxygen atoms in total. The fourth-order valence-corrected chi connectivity index (χ4v) is 1.67. The van der Waals surface area contributed by atoms with Gasteiger partial charge in [-0.3, -0.25) is 4.79 Å². The van der Waals surface area contributed by atoms with Crippen LogP contribution in [-0.4, -0.2) is 42.6 Å². The van der Waals surface area contributed by atoms with Gasteiger partial charge in [-0.2, -0.15) is 0 Å². The number of benzene rings is 1. The molecule has 0 atom stereocenters. The molecular formula is C15H18FNO4. The maximum absolute atomic E-state index is 12.7. The normalized spacial score (nSPS) is 11.1. The van der Waals surface area contributed by atoms with Gasteiger partial charge in [-0.25, -0.2) is 9.18 Å². The van der Waals surface area contributed by atoms with Gasteiger partial charge < -0.3 is 14.7 Å². The minimum atomic E-state index is -0.955. The number of ether oxygens (including phenoxy) is 1. The number of hydrogen-bond acceptors (Lipinski definition) is 4. The number of methoxy groups -OCH3 is 1. The van der Waals surface area contributed by atoms with Crippen LogP contribution in [0.1, 0.15) is 12.0 Å². The van der Waals surface area contributed by atoms with Crippen LogP contribution in [0.2, 0.25) is 0 Å². The monoisotopic (exact) mass is 295 g/mol. The Morgan fingerprint density at radius 2 is 1.95 bits per heavy atom. The largest absolute Gasteiger partial charge is 0.502 e. The molecule has 21 heavy (non-hydrogen) atoms. The van der Waals surface area contributed by atoms with Crippen LogP contribution >= 0.6 is 0 Å². The van der Waals surface area contributed by atoms with Gasteiger partial charge in [0.1, 0.15) is 5.82 Å². The van der Waals surface area contributed by atoms with E-state index in [0.29, 0.717) is 19.4 Å². The Balaban J connectivity index is 2.42. The van der Waals surface area contributed by atoms with Gasteiger partial charge in [0.25, 0.3) is 0 Å². The predicted molar refractivity (Wildman–Crippen MR) is 75.1 cm³/mol. The third-order valence-corrected chi connectivity index (χ3v) is 2.90. The third kappa shape index (κ3) is 5.64. The van der Waals surface area contributed by atoms with Crippen molar-refractivity contribution >= 4 is 11.9 Å². The molecule has 0 bridgehead atoms. The predicted octanol–water partition coefficient (Wildman–Crippen LogP) is 1.83. The summed E-state index contributed by atoms with van der Waals surface area (Å²) in [4.78, 5) is 24.0. The third-order valence-electron chi connectivity index (χ3n) is 2.90. The van der Waals surface area contributed by atoms with Crippen molar-refractivity contribution in [2.75, 3.05) is 20.7 Å². The van der Waals surface area contributed by atoms with E-state index in [1.165, 1.54) is 17.0 Å². The van der Waals surface area contributed by atoms with Gasteiger partial charge in [-0.1, -0.05) is 12.1 Å². The van der Waals surface area contributed by atoms with E-state index in [-0.39, 0.29) is 5.82 Å². The van der Waals surface area contributed by atoms with E-state index in [1.807, 2.05) is 0 Å². The highest BCUT2D eigenvalue weighted by molar-refractivity contribution is 5.96. The first-order valence-electron chi connectivity index (χ1n) is 6.42. The molecule has 0 radical (unpaired) electrons. The molecule has 0 saturated carbocycles. The minimum Gasteiger partial charge on any atom is -0.502 e. The number of carbonyl (C=O) groups excluding carboxylic acids is 2. The lowest BCUT2D eigenvalue weighted by molar-refractivity contribution is -0.139. The van der Waals surface area contributed by atoms with Crippen molar-refractivity contribution in [1.82, 2.24) is 4.90 Å². The molecule has 1 amide bonds. The number of carbonyl (C=O) groups is 2. The Morgan fingerprint density at radius 3 is 2.52 bits per heavy atom. The summed E-state index contributed by atoms with van der Waals surface area (Å²) in [7, 11) is 2.68. The summed E-state index contributed by atoms with van der Waals surface area (Å²) in [5.41, 5.74) is 0.977. The van der Waals surface area contributed by atoms with Crippen molar-refractivity contribution in [3.63, 3.8) is 0 Å². The van der Waals surface area contributed by atoms with Crippen LogP contribution in [-0.2, 0) is 20.7 Å². The fourth-order valence-electron chi connectivity index (χ4n) is 1.67. The average Bonchev–Trinajstić information content (AvgIpc) is 2.48. The Bertz CT molecular complexity index is 525. The first kappa shape index (κ1) is 16.7. The SMILES string of the molecule is COC(=O)C(O)=CC(=O)N(C)CCCc1ccc(F)cc1. The van der Waals surface area contributed by atoms with Crippen molar-refractivity contribution in [2.24, 2.45) is 0 Å². The number of amides is 1. The molecule has 0 aliphatic rings. The zero-order valence-corrected chi connectivity index (χ0v) is 12.0. The molecule has 1 aromatic carbocycles. The van der Waals surface area contributed by atoms with Gasteiger partial charge in [-0.05, 0) is 30.5 Å². The molecule has 114 valence electrons. The lowest BCUT2D eigenvalue weighted by Gasteiger charge is -2.15. The quantitative estimate of drug-likeness (QED) is 0.494. The zero-order valence-electron chi connectivity index (χ0n) is 12.0. The van der Waals surface area contributed by atoms with Crippen molar-refractivity contribution in [1.29, 1.82) is 0 Å². The molecule has 0 fully saturated rings. The molecule has 0 heterocycles. The van der Waals surface area contributed by atoms with Crippen molar-refractivity contribution in [2.45, 2.75) is 12.8 Å². The molecule has 0 spiro atoms. The Hall–Kier alpha value is -2.37. The van der Waals surface area contributed by atoms with Crippen LogP contribution in [0.15, 0.2) is 36.1 Å². The van der Waals surface area contributed by atoms with E-state index in [0.717, 1.165) is 18.7 Å². The summed E-state index contributed by atoms with van der Waals surface area (Å²) in [5.74, 6) is -2.46. The van der Waals surface area contributed by atoms with E-state index in [4.69, 9.17) is 0 Å². The first-order valence-corrected chi connectivity index (χ1v) is 6.42. The number of hydrogen-bond donors (Lipinski definition) is 1. The van der Waals surface area contributed by atoms with Crippen molar-refractivity contribution in [3.8, 4) is 0 Å². The van der Waals surface area contributed by atoms with E-state index in [2.05, 4.69) is 4.74 Å². The van der Waals surface area contributed by atoms with Gasteiger partial charge in [-0.15, -0.1) is 0 Å². The first-order chi connectivity index (χ1) is 9.93. The number of rotatable bonds is 6. The maximum Gasteiger partial charge on any atom is 0.373 e. The minimum absolute atomic E-state index is 0.283. The Kier molecular flexibility index (Phi) is 6.39. The molecule has 1 rings (SSSR count). The highest BCUT2D eigenvalue weighted by Crippen LogP contribution is 2.06. The average molecular weight is 295 g/mol. The zero-order chi connectivity index (χ0) is 15.8. The summed E-state index contributed by atoms with van der Waals surface area (Å²) < 4.78 is 17.0. The molecule has 0 aliphatic heterocycles. The lowest BCUT2D eigenvalue weighted by atomic mass is 10.1. The standard InChI is InChI=1S/C15H18FNO4/c1-17(14(19)10-13(18)15(20)21-2)9-3-4-11-5-7-12(16)8-6-11/h5-8,10,18H,3-4,9H2,1-2H3. The number of aryl methyl sites for hydroxylation is 1. The van der Waals surface area contributed by atoms with E-state index in [9.17, 15) is 19.1 Å². The molecule has 0 saturated heterocycles. The number of nitrogens with zero attached hydrogens (tertiary/aromatic N) is 1. The van der Waals surface area contributed by atoms with E-state index in [1.54, 1.807) is 19.2 Å². The molecule has 0 aliphatic carbocycles. The summed E-state index contributed by atoms with van der Waals surface area (Å²) in [6.45, 7) is 0.446. The smallest absolute Gasteiger partial charge is 0.373 e. The molecule has 1 N–H and O–H groups in total. The van der Waals surface area contributed by atoms with Gasteiger partial charge in [0, 0.05) is 13.6 Å². The highest BCUT2D eigenvalue weighted by atomic mass is 19.1. The highest BCUT2D eigenvalue weighted by Gasteiger charge is 2.12. The van der Waals surface area contributed by atoms with Crippen molar-refractivity contribution in [3.05, 3.63) is 47.5 Å². The summed E-state index contributed by atoms with van der Waals surface area (Å²) in [6, 6.07) is 6.17. The molecule has 0 unspecified atom stereocenters. The number of esters is 1. The van der Waals surface area contributed by atoms with E-state index < -0.39 is 17.6 Å². The molecule has 6 heteroatoms. The van der Waals surface area contributed by atoms with Gasteiger partial charge in [0.15, 0.2) is 0 Å².